The van der Waals surface area contributed by atoms with Crippen LogP contribution in [0.15, 0.2) is 36.0 Å². The number of aromatic nitrogens is 5. The van der Waals surface area contributed by atoms with E-state index in [4.69, 9.17) is 10.5 Å². The molecule has 12 nitrogen and oxygen atoms in total. The van der Waals surface area contributed by atoms with E-state index >= 15 is 0 Å². The maximum Gasteiger partial charge on any atom is 0.228 e. The predicted molar refractivity (Wildman–Crippen MR) is 98.2 cm³/mol. The summed E-state index contributed by atoms with van der Waals surface area (Å²) in [6.45, 7) is -0.457. The second-order valence-electron chi connectivity index (χ2n) is 6.12. The fourth-order valence-corrected chi connectivity index (χ4v) is 2.95. The Kier molecular flexibility index (Phi) is 4.83. The van der Waals surface area contributed by atoms with E-state index < -0.39 is 31.1 Å². The summed E-state index contributed by atoms with van der Waals surface area (Å²) in [5.41, 5.74) is 10.0. The van der Waals surface area contributed by atoms with Crippen LogP contribution >= 0.6 is 0 Å². The molecule has 146 valence electrons. The number of nitrogens with zero attached hydrogens (tertiary/aromatic N) is 6. The zero-order valence-electron chi connectivity index (χ0n) is 14.5. The normalized spacial score (nSPS) is 25.0. The van der Waals surface area contributed by atoms with Gasteiger partial charge >= 0.3 is 0 Å². The standard InChI is InChI=1S/C16H18N8O4/c17-13-10-14(20-7-19-13)24(15-12(27)11(26)9(6-25)28-15)16(22-10)23-21-5-8-1-3-18-4-2-8/h1-5,7,9,11-12,15,25-27H,6H2,(H,22,23)(H2,17,19,20)/t9-,11+,12+,15-/m0/s1. The van der Waals surface area contributed by atoms with Crippen LogP contribution in [0.1, 0.15) is 11.8 Å². The molecule has 28 heavy (non-hydrogen) atoms. The highest BCUT2D eigenvalue weighted by atomic mass is 16.6. The highest BCUT2D eigenvalue weighted by Crippen LogP contribution is 2.35. The van der Waals surface area contributed by atoms with Gasteiger partial charge in [-0.1, -0.05) is 0 Å². The molecule has 3 aromatic rings. The summed E-state index contributed by atoms with van der Waals surface area (Å²) >= 11 is 0. The van der Waals surface area contributed by atoms with Gasteiger partial charge in [-0.3, -0.25) is 9.55 Å². The van der Waals surface area contributed by atoms with Crippen molar-refractivity contribution in [3.05, 3.63) is 36.4 Å². The van der Waals surface area contributed by atoms with Crippen molar-refractivity contribution in [1.82, 2.24) is 24.5 Å². The molecule has 4 atom stereocenters. The third-order valence-corrected chi connectivity index (χ3v) is 4.36. The van der Waals surface area contributed by atoms with Crippen LogP contribution in [0.25, 0.3) is 11.2 Å². The molecule has 3 aromatic heterocycles. The van der Waals surface area contributed by atoms with E-state index in [-0.39, 0.29) is 22.9 Å². The first kappa shape index (κ1) is 18.2. The Labute approximate surface area is 158 Å². The van der Waals surface area contributed by atoms with Crippen molar-refractivity contribution in [3.8, 4) is 0 Å². The molecule has 1 aliphatic heterocycles. The van der Waals surface area contributed by atoms with Crippen LogP contribution in [0.4, 0.5) is 11.8 Å². The van der Waals surface area contributed by atoms with Gasteiger partial charge in [0.05, 0.1) is 12.8 Å². The second-order valence-corrected chi connectivity index (χ2v) is 6.12. The minimum absolute atomic E-state index is 0.136. The maximum atomic E-state index is 10.4. The van der Waals surface area contributed by atoms with Crippen molar-refractivity contribution >= 4 is 29.1 Å². The molecular weight excluding hydrogens is 368 g/mol. The molecule has 0 unspecified atom stereocenters. The first-order chi connectivity index (χ1) is 13.6. The number of aliphatic hydroxyl groups is 3. The molecule has 12 heteroatoms. The quantitative estimate of drug-likeness (QED) is 0.266. The zero-order valence-corrected chi connectivity index (χ0v) is 14.5. The van der Waals surface area contributed by atoms with Gasteiger partial charge in [-0.15, -0.1) is 0 Å². The number of rotatable bonds is 5. The molecule has 0 spiro atoms. The van der Waals surface area contributed by atoms with Crippen molar-refractivity contribution in [2.45, 2.75) is 24.5 Å². The van der Waals surface area contributed by atoms with Gasteiger partial charge in [0.2, 0.25) is 5.95 Å². The number of aliphatic hydroxyl groups excluding tert-OH is 3. The molecule has 6 N–H and O–H groups in total. The van der Waals surface area contributed by atoms with Gasteiger partial charge in [-0.05, 0) is 17.7 Å². The molecule has 1 saturated heterocycles. The van der Waals surface area contributed by atoms with E-state index in [1.807, 2.05) is 0 Å². The Morgan fingerprint density at radius 1 is 1.25 bits per heavy atom. The topological polar surface area (TPSA) is 177 Å². The van der Waals surface area contributed by atoms with Gasteiger partial charge in [0.25, 0.3) is 0 Å². The number of hydrogen-bond donors (Lipinski definition) is 5. The SMILES string of the molecule is Nc1ncnc2c1nc(NN=Cc1ccncc1)n2[C@H]1O[C@@H](CO)[C@@H](O)[C@H]1O. The summed E-state index contributed by atoms with van der Waals surface area (Å²) in [6.07, 6.45) is 1.45. The lowest BCUT2D eigenvalue weighted by molar-refractivity contribution is -0.0501. The number of ether oxygens (including phenoxy) is 1. The lowest BCUT2D eigenvalue weighted by Gasteiger charge is -2.18. The van der Waals surface area contributed by atoms with Crippen molar-refractivity contribution in [2.75, 3.05) is 17.8 Å². The molecule has 4 rings (SSSR count). The van der Waals surface area contributed by atoms with Gasteiger partial charge in [-0.25, -0.2) is 20.4 Å². The van der Waals surface area contributed by atoms with E-state index in [1.54, 1.807) is 30.7 Å². The minimum atomic E-state index is -1.32. The van der Waals surface area contributed by atoms with Crippen LogP contribution in [0, 0.1) is 0 Å². The summed E-state index contributed by atoms with van der Waals surface area (Å²) in [6, 6.07) is 3.54. The number of hydrazone groups is 1. The van der Waals surface area contributed by atoms with E-state index in [9.17, 15) is 15.3 Å². The van der Waals surface area contributed by atoms with Gasteiger partial charge < -0.3 is 25.8 Å². The maximum absolute atomic E-state index is 10.4. The number of imidazole rings is 1. The summed E-state index contributed by atoms with van der Waals surface area (Å²) in [7, 11) is 0. The van der Waals surface area contributed by atoms with Gasteiger partial charge in [0.1, 0.15) is 24.6 Å². The number of nitrogens with one attached hydrogen (secondary N) is 1. The molecular formula is C16H18N8O4. The predicted octanol–water partition coefficient (Wildman–Crippen LogP) is -1.14. The molecule has 0 saturated carbocycles. The second kappa shape index (κ2) is 7.44. The zero-order chi connectivity index (χ0) is 19.7. The van der Waals surface area contributed by atoms with Gasteiger partial charge in [0.15, 0.2) is 23.2 Å². The van der Waals surface area contributed by atoms with Crippen molar-refractivity contribution in [3.63, 3.8) is 0 Å². The average Bonchev–Trinajstić information content (AvgIpc) is 3.21. The number of nitrogen functional groups attached to an aromatic ring is 1. The summed E-state index contributed by atoms with van der Waals surface area (Å²) < 4.78 is 7.02. The van der Waals surface area contributed by atoms with Crippen molar-refractivity contribution in [2.24, 2.45) is 5.10 Å². The number of fused-ring (bicyclic) bond motifs is 1. The average molecular weight is 386 g/mol. The number of nitrogens with two attached hydrogens (primary N) is 1. The third-order valence-electron chi connectivity index (χ3n) is 4.36. The molecule has 4 heterocycles. The largest absolute Gasteiger partial charge is 0.394 e. The van der Waals surface area contributed by atoms with Gasteiger partial charge in [-0.2, -0.15) is 5.10 Å². The Balaban J connectivity index is 1.73. The molecule has 0 radical (unpaired) electrons. The molecule has 0 amide bonds. The fourth-order valence-electron chi connectivity index (χ4n) is 2.95. The van der Waals surface area contributed by atoms with Crippen molar-refractivity contribution < 1.29 is 20.1 Å². The summed E-state index contributed by atoms with van der Waals surface area (Å²) in [5, 5.41) is 34.0. The van der Waals surface area contributed by atoms with E-state index in [0.717, 1.165) is 5.56 Å². The molecule has 1 fully saturated rings. The first-order valence-electron chi connectivity index (χ1n) is 8.40. The Hall–Kier alpha value is -3.19. The first-order valence-corrected chi connectivity index (χ1v) is 8.40. The Morgan fingerprint density at radius 3 is 2.75 bits per heavy atom. The Morgan fingerprint density at radius 2 is 2.04 bits per heavy atom. The number of anilines is 2. The molecule has 0 aliphatic carbocycles. The van der Waals surface area contributed by atoms with Crippen LogP contribution in [0.5, 0.6) is 0 Å². The van der Waals surface area contributed by atoms with Crippen LogP contribution in [0.2, 0.25) is 0 Å². The molecule has 0 bridgehead atoms. The van der Waals surface area contributed by atoms with E-state index in [0.29, 0.717) is 0 Å². The molecule has 1 aliphatic rings. The van der Waals surface area contributed by atoms with Crippen LogP contribution in [-0.2, 0) is 4.74 Å². The lowest BCUT2D eigenvalue weighted by Crippen LogP contribution is -2.33. The summed E-state index contributed by atoms with van der Waals surface area (Å²) in [4.78, 5) is 16.3. The van der Waals surface area contributed by atoms with Crippen LogP contribution < -0.4 is 11.2 Å². The van der Waals surface area contributed by atoms with Crippen LogP contribution in [-0.4, -0.2) is 71.0 Å². The van der Waals surface area contributed by atoms with E-state index in [2.05, 4.69) is 30.5 Å². The number of pyridine rings is 1. The summed E-state index contributed by atoms with van der Waals surface area (Å²) in [5.74, 6) is 0.305. The smallest absolute Gasteiger partial charge is 0.228 e. The number of hydrogen-bond acceptors (Lipinski definition) is 11. The van der Waals surface area contributed by atoms with Gasteiger partial charge in [0, 0.05) is 12.4 Å². The monoisotopic (exact) mass is 386 g/mol. The van der Waals surface area contributed by atoms with Crippen molar-refractivity contribution in [1.29, 1.82) is 0 Å². The van der Waals surface area contributed by atoms with Crippen LogP contribution in [0.3, 0.4) is 0 Å². The minimum Gasteiger partial charge on any atom is -0.394 e. The highest BCUT2D eigenvalue weighted by molar-refractivity contribution is 5.84. The molecule has 0 aromatic carbocycles. The highest BCUT2D eigenvalue weighted by Gasteiger charge is 2.45. The third kappa shape index (κ3) is 3.14. The lowest BCUT2D eigenvalue weighted by atomic mass is 10.1. The van der Waals surface area contributed by atoms with E-state index in [1.165, 1.54) is 10.9 Å². The fraction of sp³-hybridized carbons (Fsp3) is 0.312. The Bertz CT molecular complexity index is 995.